The molecule has 0 aromatic carbocycles. The molecule has 1 fully saturated rings. The van der Waals surface area contributed by atoms with E-state index in [0.29, 0.717) is 11.5 Å². The highest BCUT2D eigenvalue weighted by Crippen LogP contribution is 2.15. The molecule has 1 saturated heterocycles. The number of thiocarbonyl (C=S) groups is 1. The van der Waals surface area contributed by atoms with Crippen molar-refractivity contribution in [2.45, 2.75) is 45.3 Å². The Balaban J connectivity index is 2.45. The van der Waals surface area contributed by atoms with Gasteiger partial charge < -0.3 is 10.1 Å². The van der Waals surface area contributed by atoms with E-state index in [9.17, 15) is 4.79 Å². The van der Waals surface area contributed by atoms with E-state index >= 15 is 0 Å². The van der Waals surface area contributed by atoms with Crippen LogP contribution in [0.4, 0.5) is 0 Å². The molecule has 0 bridgehead atoms. The minimum atomic E-state index is -0.273. The lowest BCUT2D eigenvalue weighted by Crippen LogP contribution is -2.37. The average molecular weight is 201 g/mol. The van der Waals surface area contributed by atoms with Crippen LogP contribution in [0.2, 0.25) is 0 Å². The van der Waals surface area contributed by atoms with Crippen molar-refractivity contribution >= 4 is 23.2 Å². The van der Waals surface area contributed by atoms with Crippen molar-refractivity contribution in [1.29, 1.82) is 0 Å². The molecule has 1 heterocycles. The second kappa shape index (κ2) is 3.62. The van der Waals surface area contributed by atoms with Gasteiger partial charge in [-0.2, -0.15) is 0 Å². The highest BCUT2D eigenvalue weighted by molar-refractivity contribution is 7.80. The van der Waals surface area contributed by atoms with E-state index in [0.717, 1.165) is 6.42 Å². The molecule has 13 heavy (non-hydrogen) atoms. The lowest BCUT2D eigenvalue weighted by Gasteiger charge is -2.24. The zero-order valence-electron chi connectivity index (χ0n) is 8.22. The van der Waals surface area contributed by atoms with Crippen molar-refractivity contribution in [2.24, 2.45) is 0 Å². The van der Waals surface area contributed by atoms with Gasteiger partial charge in [-0.3, -0.25) is 4.79 Å². The molecule has 0 aromatic heterocycles. The quantitative estimate of drug-likeness (QED) is 0.652. The van der Waals surface area contributed by atoms with Gasteiger partial charge in [-0.25, -0.2) is 0 Å². The Hall–Kier alpha value is -0.640. The third kappa shape index (κ3) is 3.30. The van der Waals surface area contributed by atoms with Gasteiger partial charge in [0.25, 0.3) is 0 Å². The molecule has 0 radical (unpaired) electrons. The van der Waals surface area contributed by atoms with Crippen molar-refractivity contribution in [2.75, 3.05) is 0 Å². The minimum Gasteiger partial charge on any atom is -0.479 e. The van der Waals surface area contributed by atoms with Crippen LogP contribution in [-0.2, 0) is 9.53 Å². The first-order valence-electron chi connectivity index (χ1n) is 4.41. The van der Waals surface area contributed by atoms with E-state index in [1.165, 1.54) is 0 Å². The van der Waals surface area contributed by atoms with Crippen LogP contribution in [0.15, 0.2) is 0 Å². The van der Waals surface area contributed by atoms with Crippen molar-refractivity contribution in [3.05, 3.63) is 0 Å². The van der Waals surface area contributed by atoms with Gasteiger partial charge in [0.05, 0.1) is 6.04 Å². The summed E-state index contributed by atoms with van der Waals surface area (Å²) in [4.78, 5) is 10.9. The summed E-state index contributed by atoms with van der Waals surface area (Å²) in [5.74, 6) is 0.0601. The third-order valence-electron chi connectivity index (χ3n) is 1.69. The first-order valence-corrected chi connectivity index (χ1v) is 4.81. The van der Waals surface area contributed by atoms with Crippen molar-refractivity contribution < 1.29 is 9.53 Å². The smallest absolute Gasteiger partial charge is 0.220 e. The summed E-state index contributed by atoms with van der Waals surface area (Å²) in [6.07, 6.45) is 1.31. The van der Waals surface area contributed by atoms with Gasteiger partial charge in [-0.05, 0) is 39.4 Å². The number of hydrogen-bond acceptors (Lipinski definition) is 3. The SMILES string of the molecule is CC(C)(C)OC(=S)C1CCC(=O)N1. The fraction of sp³-hybridized carbons (Fsp3) is 0.778. The molecule has 3 nitrogen and oxygen atoms in total. The molecule has 1 N–H and O–H groups in total. The van der Waals surface area contributed by atoms with Gasteiger partial charge >= 0.3 is 0 Å². The molecule has 0 saturated carbocycles. The molecule has 1 atom stereocenters. The molecule has 0 aliphatic carbocycles. The van der Waals surface area contributed by atoms with Gasteiger partial charge in [0.15, 0.2) is 5.05 Å². The summed E-state index contributed by atoms with van der Waals surface area (Å²) in [7, 11) is 0. The van der Waals surface area contributed by atoms with Gasteiger partial charge in [0, 0.05) is 6.42 Å². The van der Waals surface area contributed by atoms with E-state index in [2.05, 4.69) is 5.32 Å². The van der Waals surface area contributed by atoms with Crippen molar-refractivity contribution in [1.82, 2.24) is 5.32 Å². The number of amides is 1. The Morgan fingerprint density at radius 2 is 2.23 bits per heavy atom. The fourth-order valence-corrected chi connectivity index (χ4v) is 1.59. The van der Waals surface area contributed by atoms with E-state index in [1.54, 1.807) is 0 Å². The molecule has 74 valence electrons. The molecule has 1 amide bonds. The van der Waals surface area contributed by atoms with E-state index in [4.69, 9.17) is 17.0 Å². The number of carbonyl (C=O) groups is 1. The summed E-state index contributed by atoms with van der Waals surface area (Å²) in [6, 6.07) is -0.0678. The predicted molar refractivity (Wildman–Crippen MR) is 54.6 cm³/mol. The summed E-state index contributed by atoms with van der Waals surface area (Å²) in [6.45, 7) is 5.82. The Morgan fingerprint density at radius 1 is 1.62 bits per heavy atom. The summed E-state index contributed by atoms with van der Waals surface area (Å²) in [5.41, 5.74) is -0.273. The number of rotatable bonds is 1. The topological polar surface area (TPSA) is 38.3 Å². The van der Waals surface area contributed by atoms with Gasteiger partial charge in [-0.15, -0.1) is 0 Å². The van der Waals surface area contributed by atoms with E-state index < -0.39 is 0 Å². The molecule has 1 unspecified atom stereocenters. The maximum absolute atomic E-state index is 10.9. The number of hydrogen-bond donors (Lipinski definition) is 1. The highest BCUT2D eigenvalue weighted by Gasteiger charge is 2.27. The Labute approximate surface area is 83.8 Å². The highest BCUT2D eigenvalue weighted by atomic mass is 32.1. The largest absolute Gasteiger partial charge is 0.479 e. The lowest BCUT2D eigenvalue weighted by molar-refractivity contribution is -0.119. The van der Waals surface area contributed by atoms with Crippen LogP contribution in [0.25, 0.3) is 0 Å². The zero-order valence-corrected chi connectivity index (χ0v) is 9.03. The van der Waals surface area contributed by atoms with Crippen molar-refractivity contribution in [3.8, 4) is 0 Å². The van der Waals surface area contributed by atoms with Crippen LogP contribution in [0.5, 0.6) is 0 Å². The molecule has 1 aliphatic rings. The first-order chi connectivity index (χ1) is 5.88. The molecule has 1 rings (SSSR count). The van der Waals surface area contributed by atoms with Crippen LogP contribution in [0.1, 0.15) is 33.6 Å². The van der Waals surface area contributed by atoms with Crippen molar-refractivity contribution in [3.63, 3.8) is 0 Å². The van der Waals surface area contributed by atoms with Crippen LogP contribution in [-0.4, -0.2) is 22.6 Å². The minimum absolute atomic E-state index is 0.0601. The van der Waals surface area contributed by atoms with Gasteiger partial charge in [0.1, 0.15) is 5.60 Å². The maximum Gasteiger partial charge on any atom is 0.220 e. The van der Waals surface area contributed by atoms with Crippen LogP contribution in [0, 0.1) is 0 Å². The lowest BCUT2D eigenvalue weighted by atomic mass is 10.2. The molecule has 4 heteroatoms. The molecule has 1 aliphatic heterocycles. The molecular formula is C9H15NO2S. The van der Waals surface area contributed by atoms with Crippen LogP contribution < -0.4 is 5.32 Å². The number of nitrogens with one attached hydrogen (secondary N) is 1. The first kappa shape index (κ1) is 10.4. The Morgan fingerprint density at radius 3 is 2.62 bits per heavy atom. The summed E-state index contributed by atoms with van der Waals surface area (Å²) in [5, 5.41) is 3.27. The molecule has 0 spiro atoms. The summed E-state index contributed by atoms with van der Waals surface area (Å²) >= 11 is 5.08. The van der Waals surface area contributed by atoms with Crippen LogP contribution in [0.3, 0.4) is 0 Å². The van der Waals surface area contributed by atoms with E-state index in [1.807, 2.05) is 20.8 Å². The fourth-order valence-electron chi connectivity index (χ4n) is 1.16. The Kier molecular flexibility index (Phi) is 2.91. The predicted octanol–water partition coefficient (Wildman–Crippen LogP) is 1.41. The average Bonchev–Trinajstić information content (AvgIpc) is 2.31. The van der Waals surface area contributed by atoms with Gasteiger partial charge in [0.2, 0.25) is 5.91 Å². The maximum atomic E-state index is 10.9. The number of ether oxygens (including phenoxy) is 1. The zero-order chi connectivity index (χ0) is 10.1. The Bertz CT molecular complexity index is 232. The summed E-state index contributed by atoms with van der Waals surface area (Å²) < 4.78 is 5.49. The number of carbonyl (C=O) groups excluding carboxylic acids is 1. The van der Waals surface area contributed by atoms with Crippen LogP contribution >= 0.6 is 12.2 Å². The standard InChI is InChI=1S/C9H15NO2S/c1-9(2,3)12-8(13)6-4-5-7(11)10-6/h6H,4-5H2,1-3H3,(H,10,11). The third-order valence-corrected chi connectivity index (χ3v) is 2.05. The second-order valence-corrected chi connectivity index (χ2v) is 4.59. The molecular weight excluding hydrogens is 186 g/mol. The molecule has 0 aromatic rings. The van der Waals surface area contributed by atoms with E-state index in [-0.39, 0.29) is 17.6 Å². The normalized spacial score (nSPS) is 22.7. The van der Waals surface area contributed by atoms with Gasteiger partial charge in [-0.1, -0.05) is 0 Å². The second-order valence-electron chi connectivity index (χ2n) is 4.19. The monoisotopic (exact) mass is 201 g/mol.